The first-order valence-electron chi connectivity index (χ1n) is 6.06. The first-order valence-corrected chi connectivity index (χ1v) is 6.06. The maximum Gasteiger partial charge on any atom is 0.186 e. The van der Waals surface area contributed by atoms with Crippen molar-refractivity contribution in [2.45, 2.75) is 25.0 Å². The van der Waals surface area contributed by atoms with Crippen LogP contribution in [0.25, 0.3) is 0 Å². The van der Waals surface area contributed by atoms with Crippen LogP contribution in [0.1, 0.15) is 11.1 Å². The minimum atomic E-state index is -0.629. The minimum Gasteiger partial charge on any atom is -0.496 e. The van der Waals surface area contributed by atoms with Crippen LogP contribution in [0, 0.1) is 0 Å². The lowest BCUT2D eigenvalue weighted by Crippen LogP contribution is -2.37. The van der Waals surface area contributed by atoms with Gasteiger partial charge >= 0.3 is 0 Å². The molecule has 2 rings (SSSR count). The molecule has 0 fully saturated rings. The largest absolute Gasteiger partial charge is 0.496 e. The number of fused-ring (bicyclic) bond motifs is 1. The third kappa shape index (κ3) is 2.58. The van der Waals surface area contributed by atoms with Crippen LogP contribution < -0.4 is 20.9 Å². The zero-order valence-corrected chi connectivity index (χ0v) is 11.1. The van der Waals surface area contributed by atoms with Crippen molar-refractivity contribution in [2.75, 3.05) is 14.2 Å². The van der Waals surface area contributed by atoms with Crippen LogP contribution >= 0.6 is 0 Å². The van der Waals surface area contributed by atoms with E-state index in [1.807, 2.05) is 12.1 Å². The molecule has 104 valence electrons. The van der Waals surface area contributed by atoms with E-state index >= 15 is 0 Å². The van der Waals surface area contributed by atoms with Gasteiger partial charge in [-0.25, -0.2) is 4.99 Å². The van der Waals surface area contributed by atoms with Crippen molar-refractivity contribution in [3.8, 4) is 11.5 Å². The van der Waals surface area contributed by atoms with Crippen molar-refractivity contribution in [1.29, 1.82) is 0 Å². The Bertz CT molecular complexity index is 498. The van der Waals surface area contributed by atoms with Crippen molar-refractivity contribution in [1.82, 2.24) is 0 Å². The fourth-order valence-corrected chi connectivity index (χ4v) is 2.49. The van der Waals surface area contributed by atoms with Gasteiger partial charge in [-0.2, -0.15) is 0 Å². The molecule has 1 aliphatic rings. The molecule has 0 saturated heterocycles. The standard InChI is InChI=1S/C13H19N3O3/c1-18-11-3-4-12(19-2)8-6-10(17)9(5-7(8)11)16-13(14)15/h3-4,9-10,17H,5-6H2,1-2H3,(H4,14,15,16). The highest BCUT2D eigenvalue weighted by molar-refractivity contribution is 5.76. The van der Waals surface area contributed by atoms with E-state index in [0.717, 1.165) is 22.6 Å². The molecule has 1 aliphatic carbocycles. The molecule has 6 nitrogen and oxygen atoms in total. The molecule has 0 bridgehead atoms. The first-order chi connectivity index (χ1) is 9.06. The number of nitrogens with two attached hydrogens (primary N) is 2. The van der Waals surface area contributed by atoms with Crippen LogP contribution in [0.15, 0.2) is 17.1 Å². The quantitative estimate of drug-likeness (QED) is 0.519. The second kappa shape index (κ2) is 5.36. The third-order valence-electron chi connectivity index (χ3n) is 3.37. The van der Waals surface area contributed by atoms with Gasteiger partial charge in [0.15, 0.2) is 5.96 Å². The lowest BCUT2D eigenvalue weighted by molar-refractivity contribution is 0.136. The number of hydrogen-bond donors (Lipinski definition) is 3. The summed E-state index contributed by atoms with van der Waals surface area (Å²) in [5.74, 6) is 1.49. The first kappa shape index (κ1) is 13.5. The Kier molecular flexibility index (Phi) is 3.80. The summed E-state index contributed by atoms with van der Waals surface area (Å²) in [6, 6.07) is 3.34. The minimum absolute atomic E-state index is 0.0191. The summed E-state index contributed by atoms with van der Waals surface area (Å²) in [4.78, 5) is 4.07. The Morgan fingerprint density at radius 3 is 2.16 bits per heavy atom. The van der Waals surface area contributed by atoms with Crippen molar-refractivity contribution in [2.24, 2.45) is 16.5 Å². The lowest BCUT2D eigenvalue weighted by atomic mass is 9.85. The lowest BCUT2D eigenvalue weighted by Gasteiger charge is -2.29. The van der Waals surface area contributed by atoms with Gasteiger partial charge in [-0.05, 0) is 12.1 Å². The molecule has 1 aromatic rings. The van der Waals surface area contributed by atoms with Gasteiger partial charge in [0.05, 0.1) is 26.4 Å². The second-order valence-corrected chi connectivity index (χ2v) is 4.52. The number of aliphatic hydroxyl groups excluding tert-OH is 1. The molecule has 2 atom stereocenters. The summed E-state index contributed by atoms with van der Waals surface area (Å²) in [6.07, 6.45) is 0.335. The number of methoxy groups -OCH3 is 2. The molecule has 0 radical (unpaired) electrons. The van der Waals surface area contributed by atoms with E-state index in [1.54, 1.807) is 14.2 Å². The van der Waals surface area contributed by atoms with Crippen molar-refractivity contribution >= 4 is 5.96 Å². The number of aliphatic hydroxyl groups is 1. The van der Waals surface area contributed by atoms with Gasteiger partial charge in [-0.1, -0.05) is 0 Å². The van der Waals surface area contributed by atoms with E-state index in [4.69, 9.17) is 20.9 Å². The Labute approximate surface area is 112 Å². The van der Waals surface area contributed by atoms with E-state index in [1.165, 1.54) is 0 Å². The Morgan fingerprint density at radius 1 is 1.16 bits per heavy atom. The molecular weight excluding hydrogens is 246 g/mol. The van der Waals surface area contributed by atoms with Gasteiger partial charge in [0, 0.05) is 24.0 Å². The average Bonchev–Trinajstić information content (AvgIpc) is 2.38. The maximum absolute atomic E-state index is 10.1. The molecule has 0 spiro atoms. The predicted molar refractivity (Wildman–Crippen MR) is 72.6 cm³/mol. The van der Waals surface area contributed by atoms with Crippen LogP contribution in [0.2, 0.25) is 0 Å². The summed E-state index contributed by atoms with van der Waals surface area (Å²) in [5, 5.41) is 10.1. The Hall–Kier alpha value is -1.95. The highest BCUT2D eigenvalue weighted by Gasteiger charge is 2.31. The van der Waals surface area contributed by atoms with Crippen LogP contribution in [0.3, 0.4) is 0 Å². The van der Waals surface area contributed by atoms with Crippen molar-refractivity contribution < 1.29 is 14.6 Å². The number of hydrogen-bond acceptors (Lipinski definition) is 4. The van der Waals surface area contributed by atoms with Crippen LogP contribution in [-0.2, 0) is 12.8 Å². The van der Waals surface area contributed by atoms with Gasteiger partial charge in [-0.15, -0.1) is 0 Å². The third-order valence-corrected chi connectivity index (χ3v) is 3.37. The molecule has 0 saturated carbocycles. The molecule has 0 aliphatic heterocycles. The molecular formula is C13H19N3O3. The van der Waals surface area contributed by atoms with Crippen LogP contribution in [0.5, 0.6) is 11.5 Å². The highest BCUT2D eigenvalue weighted by atomic mass is 16.5. The topological polar surface area (TPSA) is 103 Å². The number of guanidine groups is 1. The maximum atomic E-state index is 10.1. The predicted octanol–water partition coefficient (Wildman–Crippen LogP) is -0.195. The van der Waals surface area contributed by atoms with E-state index in [9.17, 15) is 5.11 Å². The number of nitrogens with zero attached hydrogens (tertiary/aromatic N) is 1. The average molecular weight is 265 g/mol. The Morgan fingerprint density at radius 2 is 1.68 bits per heavy atom. The molecule has 5 N–H and O–H groups in total. The van der Waals surface area contributed by atoms with Gasteiger partial charge in [0.1, 0.15) is 11.5 Å². The zero-order chi connectivity index (χ0) is 14.0. The van der Waals surface area contributed by atoms with Crippen molar-refractivity contribution in [3.63, 3.8) is 0 Å². The van der Waals surface area contributed by atoms with E-state index in [-0.39, 0.29) is 12.0 Å². The van der Waals surface area contributed by atoms with Crippen molar-refractivity contribution in [3.05, 3.63) is 23.3 Å². The smallest absolute Gasteiger partial charge is 0.186 e. The summed E-state index contributed by atoms with van der Waals surface area (Å²) < 4.78 is 10.7. The second-order valence-electron chi connectivity index (χ2n) is 4.52. The number of ether oxygens (including phenoxy) is 2. The fourth-order valence-electron chi connectivity index (χ4n) is 2.49. The molecule has 0 heterocycles. The van der Waals surface area contributed by atoms with Crippen LogP contribution in [-0.4, -0.2) is 37.4 Å². The van der Waals surface area contributed by atoms with E-state index in [2.05, 4.69) is 4.99 Å². The summed E-state index contributed by atoms with van der Waals surface area (Å²) >= 11 is 0. The number of rotatable bonds is 3. The van der Waals surface area contributed by atoms with E-state index < -0.39 is 6.10 Å². The molecule has 2 unspecified atom stereocenters. The van der Waals surface area contributed by atoms with Gasteiger partial charge in [0.25, 0.3) is 0 Å². The van der Waals surface area contributed by atoms with Gasteiger partial charge < -0.3 is 26.0 Å². The summed E-state index contributed by atoms with van der Waals surface area (Å²) in [7, 11) is 3.22. The monoisotopic (exact) mass is 265 g/mol. The summed E-state index contributed by atoms with van der Waals surface area (Å²) in [6.45, 7) is 0. The number of aliphatic imine (C=N–C) groups is 1. The fraction of sp³-hybridized carbons (Fsp3) is 0.462. The molecule has 19 heavy (non-hydrogen) atoms. The van der Waals surface area contributed by atoms with Gasteiger partial charge in [0.2, 0.25) is 0 Å². The molecule has 1 aromatic carbocycles. The normalized spacial score (nSPS) is 21.4. The SMILES string of the molecule is COc1ccc(OC)c2c1CC(O)C(N=C(N)N)C2. The molecule has 0 aromatic heterocycles. The van der Waals surface area contributed by atoms with Gasteiger partial charge in [-0.3, -0.25) is 0 Å². The molecule has 0 amide bonds. The summed E-state index contributed by atoms with van der Waals surface area (Å²) in [5.41, 5.74) is 12.7. The van der Waals surface area contributed by atoms with E-state index in [0.29, 0.717) is 12.8 Å². The Balaban J connectivity index is 2.44. The number of benzene rings is 1. The zero-order valence-electron chi connectivity index (χ0n) is 11.1. The molecule has 6 heteroatoms. The van der Waals surface area contributed by atoms with Crippen LogP contribution in [0.4, 0.5) is 0 Å². The highest BCUT2D eigenvalue weighted by Crippen LogP contribution is 2.36.